The van der Waals surface area contributed by atoms with Crippen molar-refractivity contribution in [1.29, 1.82) is 0 Å². The SMILES string of the molecule is C[C@@H]1c2ccsc2CCN1Cc1c(O)ccc2ccccc12. The molecule has 0 amide bonds. The van der Waals surface area contributed by atoms with Crippen molar-refractivity contribution >= 4 is 22.1 Å². The summed E-state index contributed by atoms with van der Waals surface area (Å²) in [6.45, 7) is 4.12. The molecule has 1 aliphatic rings. The molecule has 3 heteroatoms. The molecular weight excluding hydrogens is 290 g/mol. The van der Waals surface area contributed by atoms with Crippen LogP contribution in [0.2, 0.25) is 0 Å². The lowest BCUT2D eigenvalue weighted by atomic mass is 9.98. The molecule has 2 heterocycles. The van der Waals surface area contributed by atoms with Gasteiger partial charge in [-0.2, -0.15) is 0 Å². The van der Waals surface area contributed by atoms with Crippen molar-refractivity contribution in [2.45, 2.75) is 25.9 Å². The fraction of sp³-hybridized carbons (Fsp3) is 0.263. The quantitative estimate of drug-likeness (QED) is 0.740. The highest BCUT2D eigenvalue weighted by atomic mass is 32.1. The Bertz CT molecular complexity index is 823. The maximum atomic E-state index is 10.4. The van der Waals surface area contributed by atoms with Crippen molar-refractivity contribution in [3.05, 3.63) is 63.8 Å². The minimum Gasteiger partial charge on any atom is -0.508 e. The van der Waals surface area contributed by atoms with E-state index in [1.54, 1.807) is 0 Å². The van der Waals surface area contributed by atoms with Crippen LogP contribution in [0.3, 0.4) is 0 Å². The molecule has 0 bridgehead atoms. The van der Waals surface area contributed by atoms with Gasteiger partial charge in [0, 0.05) is 29.6 Å². The van der Waals surface area contributed by atoms with E-state index in [1.807, 2.05) is 35.6 Å². The second-order valence-corrected chi connectivity index (χ2v) is 6.98. The van der Waals surface area contributed by atoms with E-state index >= 15 is 0 Å². The third-order valence-electron chi connectivity index (χ3n) is 4.78. The Morgan fingerprint density at radius 2 is 2.05 bits per heavy atom. The zero-order chi connectivity index (χ0) is 15.1. The van der Waals surface area contributed by atoms with Crippen LogP contribution in [0.5, 0.6) is 5.75 Å². The summed E-state index contributed by atoms with van der Waals surface area (Å²) < 4.78 is 0. The Balaban J connectivity index is 1.71. The maximum Gasteiger partial charge on any atom is 0.120 e. The van der Waals surface area contributed by atoms with E-state index in [0.29, 0.717) is 11.8 Å². The van der Waals surface area contributed by atoms with Crippen LogP contribution in [0.15, 0.2) is 47.8 Å². The van der Waals surface area contributed by atoms with Gasteiger partial charge in [0.25, 0.3) is 0 Å². The van der Waals surface area contributed by atoms with Crippen LogP contribution >= 0.6 is 11.3 Å². The zero-order valence-corrected chi connectivity index (χ0v) is 13.4. The van der Waals surface area contributed by atoms with Gasteiger partial charge in [-0.15, -0.1) is 11.3 Å². The molecule has 0 radical (unpaired) electrons. The number of benzene rings is 2. The van der Waals surface area contributed by atoms with Crippen molar-refractivity contribution in [3.8, 4) is 5.75 Å². The largest absolute Gasteiger partial charge is 0.508 e. The molecule has 0 saturated heterocycles. The predicted molar refractivity (Wildman–Crippen MR) is 92.5 cm³/mol. The number of aromatic hydroxyl groups is 1. The minimum atomic E-state index is 0.405. The van der Waals surface area contributed by atoms with E-state index in [9.17, 15) is 5.11 Å². The first-order valence-electron chi connectivity index (χ1n) is 7.74. The van der Waals surface area contributed by atoms with Crippen LogP contribution in [-0.4, -0.2) is 16.6 Å². The molecular formula is C19H19NOS. The average molecular weight is 309 g/mol. The third kappa shape index (κ3) is 2.21. The van der Waals surface area contributed by atoms with Gasteiger partial charge < -0.3 is 5.11 Å². The van der Waals surface area contributed by atoms with Crippen LogP contribution in [0.4, 0.5) is 0 Å². The Labute approximate surface area is 134 Å². The van der Waals surface area contributed by atoms with Gasteiger partial charge in [-0.1, -0.05) is 30.3 Å². The number of hydrogen-bond acceptors (Lipinski definition) is 3. The predicted octanol–water partition coefficient (Wildman–Crippen LogP) is 4.73. The summed E-state index contributed by atoms with van der Waals surface area (Å²) in [6.07, 6.45) is 1.11. The van der Waals surface area contributed by atoms with Gasteiger partial charge in [-0.25, -0.2) is 0 Å². The standard InChI is InChI=1S/C19H19NOS/c1-13-15-9-11-22-19(15)8-10-20(13)12-17-16-5-3-2-4-14(16)6-7-18(17)21/h2-7,9,11,13,21H,8,10,12H2,1H3/t13-/m1/s1. The monoisotopic (exact) mass is 309 g/mol. The third-order valence-corrected chi connectivity index (χ3v) is 5.78. The number of rotatable bonds is 2. The summed E-state index contributed by atoms with van der Waals surface area (Å²) in [5.41, 5.74) is 2.50. The van der Waals surface area contributed by atoms with E-state index < -0.39 is 0 Å². The number of thiophene rings is 1. The van der Waals surface area contributed by atoms with Crippen molar-refractivity contribution < 1.29 is 5.11 Å². The number of nitrogens with zero attached hydrogens (tertiary/aromatic N) is 1. The second-order valence-electron chi connectivity index (χ2n) is 5.98. The molecule has 0 aliphatic carbocycles. The summed E-state index contributed by atoms with van der Waals surface area (Å²) in [5.74, 6) is 0.405. The summed E-state index contributed by atoms with van der Waals surface area (Å²) in [6, 6.07) is 14.8. The topological polar surface area (TPSA) is 23.5 Å². The second kappa shape index (κ2) is 5.41. The molecule has 4 rings (SSSR count). The fourth-order valence-electron chi connectivity index (χ4n) is 3.47. The number of phenols is 1. The molecule has 0 saturated carbocycles. The molecule has 3 aromatic rings. The zero-order valence-electron chi connectivity index (χ0n) is 12.6. The Kier molecular flexibility index (Phi) is 3.40. The molecule has 1 aromatic heterocycles. The van der Waals surface area contributed by atoms with Gasteiger partial charge in [0.15, 0.2) is 0 Å². The van der Waals surface area contributed by atoms with E-state index in [1.165, 1.54) is 15.8 Å². The molecule has 0 spiro atoms. The van der Waals surface area contributed by atoms with Gasteiger partial charge in [0.1, 0.15) is 5.75 Å². The van der Waals surface area contributed by atoms with E-state index in [0.717, 1.165) is 30.5 Å². The lowest BCUT2D eigenvalue weighted by Crippen LogP contribution is -2.32. The van der Waals surface area contributed by atoms with Crippen LogP contribution < -0.4 is 0 Å². The van der Waals surface area contributed by atoms with Crippen LogP contribution in [-0.2, 0) is 13.0 Å². The number of hydrogen-bond donors (Lipinski definition) is 1. The van der Waals surface area contributed by atoms with Crippen LogP contribution in [0.25, 0.3) is 10.8 Å². The fourth-order valence-corrected chi connectivity index (χ4v) is 4.43. The maximum absolute atomic E-state index is 10.4. The Morgan fingerprint density at radius 3 is 2.95 bits per heavy atom. The Morgan fingerprint density at radius 1 is 1.18 bits per heavy atom. The molecule has 22 heavy (non-hydrogen) atoms. The molecule has 2 nitrogen and oxygen atoms in total. The van der Waals surface area contributed by atoms with Gasteiger partial charge >= 0.3 is 0 Å². The van der Waals surface area contributed by atoms with Crippen molar-refractivity contribution in [2.24, 2.45) is 0 Å². The molecule has 1 N–H and O–H groups in total. The molecule has 1 atom stereocenters. The smallest absolute Gasteiger partial charge is 0.120 e. The lowest BCUT2D eigenvalue weighted by molar-refractivity contribution is 0.190. The summed E-state index contributed by atoms with van der Waals surface area (Å²) >= 11 is 1.87. The van der Waals surface area contributed by atoms with Crippen LogP contribution in [0.1, 0.15) is 29.0 Å². The highest BCUT2D eigenvalue weighted by molar-refractivity contribution is 7.10. The first-order chi connectivity index (χ1) is 10.7. The molecule has 0 unspecified atom stereocenters. The van der Waals surface area contributed by atoms with Crippen molar-refractivity contribution in [1.82, 2.24) is 4.90 Å². The molecule has 0 fully saturated rings. The lowest BCUT2D eigenvalue weighted by Gasteiger charge is -2.34. The first-order valence-corrected chi connectivity index (χ1v) is 8.62. The van der Waals surface area contributed by atoms with Gasteiger partial charge in [-0.05, 0) is 47.2 Å². The average Bonchev–Trinajstić information content (AvgIpc) is 3.02. The molecule has 112 valence electrons. The number of phenolic OH excluding ortho intramolecular Hbond substituents is 1. The van der Waals surface area contributed by atoms with Crippen molar-refractivity contribution in [3.63, 3.8) is 0 Å². The summed E-state index contributed by atoms with van der Waals surface area (Å²) in [5, 5.41) is 14.9. The van der Waals surface area contributed by atoms with E-state index in [4.69, 9.17) is 0 Å². The number of fused-ring (bicyclic) bond motifs is 2. The normalized spacial score (nSPS) is 18.5. The van der Waals surface area contributed by atoms with Crippen LogP contribution in [0, 0.1) is 0 Å². The summed E-state index contributed by atoms with van der Waals surface area (Å²) in [7, 11) is 0. The summed E-state index contributed by atoms with van der Waals surface area (Å²) in [4.78, 5) is 3.99. The van der Waals surface area contributed by atoms with E-state index in [2.05, 4.69) is 35.4 Å². The van der Waals surface area contributed by atoms with Crippen molar-refractivity contribution in [2.75, 3.05) is 6.54 Å². The van der Waals surface area contributed by atoms with Gasteiger partial charge in [0.2, 0.25) is 0 Å². The molecule has 1 aliphatic heterocycles. The Hall–Kier alpha value is -1.84. The van der Waals surface area contributed by atoms with Gasteiger partial charge in [-0.3, -0.25) is 4.90 Å². The minimum absolute atomic E-state index is 0.405. The molecule has 2 aromatic carbocycles. The highest BCUT2D eigenvalue weighted by Crippen LogP contribution is 2.36. The van der Waals surface area contributed by atoms with E-state index in [-0.39, 0.29) is 0 Å². The first kappa shape index (κ1) is 13.8. The van der Waals surface area contributed by atoms with Gasteiger partial charge in [0.05, 0.1) is 0 Å². The highest BCUT2D eigenvalue weighted by Gasteiger charge is 2.25.